The van der Waals surface area contributed by atoms with Crippen LogP contribution in [0.4, 0.5) is 0 Å². The van der Waals surface area contributed by atoms with E-state index in [0.29, 0.717) is 29.7 Å². The van der Waals surface area contributed by atoms with E-state index in [4.69, 9.17) is 16.1 Å². The lowest BCUT2D eigenvalue weighted by Gasteiger charge is -2.14. The van der Waals surface area contributed by atoms with Gasteiger partial charge in [-0.1, -0.05) is 28.9 Å². The van der Waals surface area contributed by atoms with Gasteiger partial charge in [0.2, 0.25) is 11.7 Å². The number of hydrogen-bond donors (Lipinski definition) is 1. The first kappa shape index (κ1) is 13.9. The monoisotopic (exact) mass is 305 g/mol. The van der Waals surface area contributed by atoms with Gasteiger partial charge in [-0.25, -0.2) is 0 Å². The first-order valence-corrected chi connectivity index (χ1v) is 7.18. The van der Waals surface area contributed by atoms with Crippen molar-refractivity contribution in [1.29, 1.82) is 0 Å². The Kier molecular flexibility index (Phi) is 4.06. The minimum Gasteiger partial charge on any atom is -0.356 e. The fourth-order valence-electron chi connectivity index (χ4n) is 2.11. The molecule has 1 aliphatic heterocycles. The van der Waals surface area contributed by atoms with Crippen molar-refractivity contribution in [2.75, 3.05) is 26.7 Å². The molecule has 1 aliphatic rings. The number of rotatable bonds is 4. The summed E-state index contributed by atoms with van der Waals surface area (Å²) >= 11 is 5.96. The molecule has 3 rings (SSSR count). The minimum absolute atomic E-state index is 0.558. The summed E-state index contributed by atoms with van der Waals surface area (Å²) in [6.45, 7) is 2.51. The number of aromatic nitrogens is 2. The van der Waals surface area contributed by atoms with Crippen LogP contribution in [-0.4, -0.2) is 47.7 Å². The molecule has 0 unspecified atom stereocenters. The van der Waals surface area contributed by atoms with Gasteiger partial charge in [-0.3, -0.25) is 4.99 Å². The van der Waals surface area contributed by atoms with Crippen LogP contribution in [0, 0.1) is 0 Å². The highest BCUT2D eigenvalue weighted by Crippen LogP contribution is 2.19. The SMILES string of the molecule is CN1CCN=C1NCCc1nc(-c2cccc(Cl)c2)no1. The molecule has 0 aliphatic carbocycles. The zero-order valence-electron chi connectivity index (χ0n) is 11.7. The van der Waals surface area contributed by atoms with E-state index >= 15 is 0 Å². The quantitative estimate of drug-likeness (QED) is 0.933. The third kappa shape index (κ3) is 3.33. The van der Waals surface area contributed by atoms with E-state index in [0.717, 1.165) is 24.6 Å². The van der Waals surface area contributed by atoms with Gasteiger partial charge in [0, 0.05) is 37.1 Å². The molecule has 1 N–H and O–H groups in total. The van der Waals surface area contributed by atoms with Crippen molar-refractivity contribution in [3.63, 3.8) is 0 Å². The lowest BCUT2D eigenvalue weighted by atomic mass is 10.2. The molecule has 0 fully saturated rings. The van der Waals surface area contributed by atoms with E-state index in [2.05, 4.69) is 25.3 Å². The van der Waals surface area contributed by atoms with E-state index in [1.807, 2.05) is 31.3 Å². The van der Waals surface area contributed by atoms with Crippen LogP contribution in [0.15, 0.2) is 33.8 Å². The summed E-state index contributed by atoms with van der Waals surface area (Å²) in [6, 6.07) is 7.40. The molecule has 1 aromatic carbocycles. The number of halogens is 1. The summed E-state index contributed by atoms with van der Waals surface area (Å²) in [5, 5.41) is 7.90. The Labute approximate surface area is 127 Å². The molecular weight excluding hydrogens is 290 g/mol. The van der Waals surface area contributed by atoms with Gasteiger partial charge >= 0.3 is 0 Å². The van der Waals surface area contributed by atoms with E-state index in [1.165, 1.54) is 0 Å². The lowest BCUT2D eigenvalue weighted by Crippen LogP contribution is -2.36. The summed E-state index contributed by atoms with van der Waals surface area (Å²) in [5.41, 5.74) is 0.852. The maximum absolute atomic E-state index is 5.96. The smallest absolute Gasteiger partial charge is 0.228 e. The summed E-state index contributed by atoms with van der Waals surface area (Å²) in [6.07, 6.45) is 0.653. The highest BCUT2D eigenvalue weighted by molar-refractivity contribution is 6.30. The Hall–Kier alpha value is -2.08. The minimum atomic E-state index is 0.558. The molecule has 6 nitrogen and oxygen atoms in total. The lowest BCUT2D eigenvalue weighted by molar-refractivity contribution is 0.378. The first-order chi connectivity index (χ1) is 10.2. The average Bonchev–Trinajstić information content (AvgIpc) is 3.09. The van der Waals surface area contributed by atoms with E-state index in [9.17, 15) is 0 Å². The molecule has 0 spiro atoms. The van der Waals surface area contributed by atoms with Gasteiger partial charge in [0.05, 0.1) is 6.54 Å². The molecule has 0 radical (unpaired) electrons. The Bertz CT molecular complexity index is 654. The molecular formula is C14H16ClN5O. The second kappa shape index (κ2) is 6.13. The zero-order valence-corrected chi connectivity index (χ0v) is 12.5. The molecule has 2 aromatic rings. The second-order valence-electron chi connectivity index (χ2n) is 4.83. The largest absolute Gasteiger partial charge is 0.356 e. The van der Waals surface area contributed by atoms with Crippen molar-refractivity contribution in [2.45, 2.75) is 6.42 Å². The van der Waals surface area contributed by atoms with Gasteiger partial charge in [-0.2, -0.15) is 4.98 Å². The van der Waals surface area contributed by atoms with Crippen LogP contribution in [0.1, 0.15) is 5.89 Å². The van der Waals surface area contributed by atoms with Crippen molar-refractivity contribution < 1.29 is 4.52 Å². The average molecular weight is 306 g/mol. The van der Waals surface area contributed by atoms with Crippen molar-refractivity contribution in [2.24, 2.45) is 4.99 Å². The number of nitrogens with one attached hydrogen (secondary N) is 1. The fourth-order valence-corrected chi connectivity index (χ4v) is 2.30. The summed E-state index contributed by atoms with van der Waals surface area (Å²) in [4.78, 5) is 10.8. The van der Waals surface area contributed by atoms with Gasteiger partial charge < -0.3 is 14.7 Å². The van der Waals surface area contributed by atoms with Crippen LogP contribution < -0.4 is 5.32 Å². The number of nitrogens with zero attached hydrogens (tertiary/aromatic N) is 4. The summed E-state index contributed by atoms with van der Waals surface area (Å²) < 4.78 is 5.25. The van der Waals surface area contributed by atoms with Crippen LogP contribution in [0.2, 0.25) is 5.02 Å². The Morgan fingerprint density at radius 2 is 2.33 bits per heavy atom. The maximum Gasteiger partial charge on any atom is 0.228 e. The van der Waals surface area contributed by atoms with Gasteiger partial charge in [-0.15, -0.1) is 0 Å². The van der Waals surface area contributed by atoms with Crippen molar-refractivity contribution in [3.05, 3.63) is 35.2 Å². The standard InChI is InChI=1S/C14H16ClN5O/c1-20-8-7-17-14(20)16-6-5-12-18-13(19-21-12)10-3-2-4-11(15)9-10/h2-4,9H,5-8H2,1H3,(H,16,17). The molecule has 21 heavy (non-hydrogen) atoms. The van der Waals surface area contributed by atoms with Gasteiger partial charge in [0.1, 0.15) is 0 Å². The van der Waals surface area contributed by atoms with Crippen molar-refractivity contribution in [3.8, 4) is 11.4 Å². The summed E-state index contributed by atoms with van der Waals surface area (Å²) in [7, 11) is 2.02. The van der Waals surface area contributed by atoms with Crippen molar-refractivity contribution in [1.82, 2.24) is 20.4 Å². The van der Waals surface area contributed by atoms with Gasteiger partial charge in [0.15, 0.2) is 5.96 Å². The molecule has 2 heterocycles. The Morgan fingerprint density at radius 3 is 3.10 bits per heavy atom. The van der Waals surface area contributed by atoms with Gasteiger partial charge in [0.25, 0.3) is 0 Å². The molecule has 110 valence electrons. The third-order valence-electron chi connectivity index (χ3n) is 3.23. The molecule has 1 aromatic heterocycles. The number of benzene rings is 1. The van der Waals surface area contributed by atoms with Gasteiger partial charge in [-0.05, 0) is 12.1 Å². The van der Waals surface area contributed by atoms with Crippen LogP contribution in [-0.2, 0) is 6.42 Å². The number of hydrogen-bond acceptors (Lipinski definition) is 6. The maximum atomic E-state index is 5.96. The number of likely N-dealkylation sites (N-methyl/N-ethyl adjacent to an activating group) is 1. The molecule has 0 amide bonds. The van der Waals surface area contributed by atoms with Crippen molar-refractivity contribution >= 4 is 17.6 Å². The molecule has 7 heteroatoms. The first-order valence-electron chi connectivity index (χ1n) is 6.80. The predicted octanol–water partition coefficient (Wildman–Crippen LogP) is 1.82. The number of guanidine groups is 1. The highest BCUT2D eigenvalue weighted by atomic mass is 35.5. The van der Waals surface area contributed by atoms with Crippen LogP contribution in [0.25, 0.3) is 11.4 Å². The third-order valence-corrected chi connectivity index (χ3v) is 3.47. The second-order valence-corrected chi connectivity index (χ2v) is 5.26. The summed E-state index contributed by atoms with van der Waals surface area (Å²) in [5.74, 6) is 2.08. The molecule has 0 bridgehead atoms. The number of aliphatic imine (C=N–C) groups is 1. The van der Waals surface area contributed by atoms with Crippen LogP contribution in [0.5, 0.6) is 0 Å². The molecule has 0 saturated heterocycles. The van der Waals surface area contributed by atoms with E-state index in [-0.39, 0.29) is 0 Å². The van der Waals surface area contributed by atoms with Crippen LogP contribution >= 0.6 is 11.6 Å². The molecule has 0 saturated carbocycles. The van der Waals surface area contributed by atoms with Crippen LogP contribution in [0.3, 0.4) is 0 Å². The highest BCUT2D eigenvalue weighted by Gasteiger charge is 2.12. The normalized spacial score (nSPS) is 14.4. The van der Waals surface area contributed by atoms with E-state index in [1.54, 1.807) is 0 Å². The topological polar surface area (TPSA) is 66.5 Å². The molecule has 0 atom stereocenters. The Morgan fingerprint density at radius 1 is 1.43 bits per heavy atom. The zero-order chi connectivity index (χ0) is 14.7. The van der Waals surface area contributed by atoms with E-state index < -0.39 is 0 Å². The Balaban J connectivity index is 1.58. The fraction of sp³-hybridized carbons (Fsp3) is 0.357. The predicted molar refractivity (Wildman–Crippen MR) is 81.4 cm³/mol.